The van der Waals surface area contributed by atoms with Crippen LogP contribution < -0.4 is 10.6 Å². The molecule has 5 rings (SSSR count). The number of carbonyl (C=O) groups excluding carboxylic acids is 3. The zero-order valence-electron chi connectivity index (χ0n) is 23.8. The summed E-state index contributed by atoms with van der Waals surface area (Å²) in [6.07, 6.45) is -3.24. The van der Waals surface area contributed by atoms with E-state index < -0.39 is 47.6 Å². The number of fused-ring (bicyclic) bond motifs is 1. The van der Waals surface area contributed by atoms with E-state index in [4.69, 9.17) is 15.5 Å². The number of carbonyl (C=O) groups is 3. The molecule has 3 aliphatic rings. The second-order valence-electron chi connectivity index (χ2n) is 11.9. The maximum absolute atomic E-state index is 14.4. The molecule has 3 saturated heterocycles. The molecular weight excluding hydrogens is 552 g/mol. The quantitative estimate of drug-likeness (QED) is 0.504. The third-order valence-corrected chi connectivity index (χ3v) is 9.86. The van der Waals surface area contributed by atoms with Crippen LogP contribution in [0.4, 0.5) is 13.9 Å². The molecule has 9 nitrogen and oxygen atoms in total. The summed E-state index contributed by atoms with van der Waals surface area (Å²) in [5, 5.41) is 2.85. The minimum absolute atomic E-state index is 0.179. The number of anilines is 1. The second-order valence-corrected chi connectivity index (χ2v) is 12.8. The van der Waals surface area contributed by atoms with Gasteiger partial charge in [0.25, 0.3) is 0 Å². The van der Waals surface area contributed by atoms with Gasteiger partial charge in [0.05, 0.1) is 23.6 Å². The minimum Gasteiger partial charge on any atom is -0.367 e. The Morgan fingerprint density at radius 3 is 2.56 bits per heavy atom. The number of thiazole rings is 1. The monoisotopic (exact) mass is 589 g/mol. The largest absolute Gasteiger partial charge is 0.367 e. The molecule has 2 amide bonds. The van der Waals surface area contributed by atoms with Crippen LogP contribution in [-0.4, -0.2) is 97.3 Å². The van der Waals surface area contributed by atoms with Crippen LogP contribution in [0, 0.1) is 11.3 Å². The minimum atomic E-state index is -2.74. The Balaban J connectivity index is 1.55. The predicted octanol–water partition coefficient (Wildman–Crippen LogP) is 3.24. The molecule has 2 aromatic rings. The van der Waals surface area contributed by atoms with Gasteiger partial charge in [0, 0.05) is 49.2 Å². The van der Waals surface area contributed by atoms with E-state index in [1.54, 1.807) is 18.2 Å². The van der Waals surface area contributed by atoms with Gasteiger partial charge >= 0.3 is 0 Å². The van der Waals surface area contributed by atoms with Crippen LogP contribution in [0.15, 0.2) is 23.6 Å². The number of ketones is 1. The number of aromatic nitrogens is 1. The number of likely N-dealkylation sites (tertiary alicyclic amines) is 1. The number of primary amides is 1. The summed E-state index contributed by atoms with van der Waals surface area (Å²) in [5.41, 5.74) is 7.11. The molecule has 0 unspecified atom stereocenters. The van der Waals surface area contributed by atoms with E-state index in [0.29, 0.717) is 17.7 Å². The molecule has 3 aliphatic heterocycles. The molecule has 4 heterocycles. The van der Waals surface area contributed by atoms with Gasteiger partial charge in [-0.15, -0.1) is 11.3 Å². The summed E-state index contributed by atoms with van der Waals surface area (Å²) in [6, 6.07) is 4.07. The number of hydrogen-bond acceptors (Lipinski definition) is 8. The fourth-order valence-electron chi connectivity index (χ4n) is 6.13. The van der Waals surface area contributed by atoms with E-state index in [0.717, 1.165) is 36.9 Å². The first-order valence-corrected chi connectivity index (χ1v) is 14.9. The van der Waals surface area contributed by atoms with Crippen molar-refractivity contribution in [1.29, 1.82) is 0 Å². The molecule has 0 saturated carbocycles. The summed E-state index contributed by atoms with van der Waals surface area (Å²) >= 11 is 1.53. The van der Waals surface area contributed by atoms with Gasteiger partial charge in [0.2, 0.25) is 18.2 Å². The van der Waals surface area contributed by atoms with Crippen molar-refractivity contribution in [3.8, 4) is 11.3 Å². The Morgan fingerprint density at radius 2 is 1.93 bits per heavy atom. The van der Waals surface area contributed by atoms with E-state index in [9.17, 15) is 23.2 Å². The van der Waals surface area contributed by atoms with E-state index in [1.165, 1.54) is 16.2 Å². The number of benzene rings is 1. The molecule has 3 fully saturated rings. The van der Waals surface area contributed by atoms with Crippen LogP contribution in [0.2, 0.25) is 0 Å². The smallest absolute Gasteiger partial charge is 0.249 e. The van der Waals surface area contributed by atoms with Crippen LogP contribution in [-0.2, 0) is 14.3 Å². The van der Waals surface area contributed by atoms with Gasteiger partial charge in [-0.05, 0) is 36.6 Å². The number of halogens is 2. The number of alkyl halides is 2. The summed E-state index contributed by atoms with van der Waals surface area (Å²) in [6.45, 7) is 8.76. The van der Waals surface area contributed by atoms with Crippen molar-refractivity contribution in [1.82, 2.24) is 14.8 Å². The highest BCUT2D eigenvalue weighted by Crippen LogP contribution is 2.45. The first-order valence-electron chi connectivity index (χ1n) is 14.0. The number of piperazine rings is 1. The molecule has 1 aromatic carbocycles. The summed E-state index contributed by atoms with van der Waals surface area (Å²) in [5.74, 6) is -3.74. The fraction of sp³-hybridized carbons (Fsp3) is 0.586. The van der Waals surface area contributed by atoms with Crippen LogP contribution >= 0.6 is 11.3 Å². The van der Waals surface area contributed by atoms with Crippen LogP contribution in [0.3, 0.4) is 0 Å². The molecule has 12 heteroatoms. The number of nitrogens with two attached hydrogens (primary N) is 1. The Bertz CT molecular complexity index is 1330. The number of amides is 2. The molecular formula is C29H37F2N5O4S. The number of rotatable bonds is 8. The summed E-state index contributed by atoms with van der Waals surface area (Å²) < 4.78 is 33.3. The van der Waals surface area contributed by atoms with E-state index in [2.05, 4.69) is 16.8 Å². The van der Waals surface area contributed by atoms with E-state index >= 15 is 0 Å². The SMILES string of the molecule is CCC(C)(C)[C@H](C(=O)N1C[C@@H](C(F)F)[C@H]2OCC(=O)[C@H]21)c1cc(-c2csc(N3CCN(C)CC3)n2)ccc1C(N)=O. The zero-order chi connectivity index (χ0) is 29.6. The summed E-state index contributed by atoms with van der Waals surface area (Å²) in [7, 11) is 2.09. The lowest BCUT2D eigenvalue weighted by Gasteiger charge is -2.37. The van der Waals surface area contributed by atoms with Crippen molar-refractivity contribution in [2.45, 2.75) is 51.7 Å². The number of likely N-dealkylation sites (N-methyl/N-ethyl adjacent to an activating group) is 1. The Labute approximate surface area is 242 Å². The Hall–Kier alpha value is -2.96. The van der Waals surface area contributed by atoms with Gasteiger partial charge in [-0.1, -0.05) is 26.8 Å². The molecule has 1 aromatic heterocycles. The standard InChI is InChI=1S/C29H37F2N5O4S/c1-5-29(2,3)22(27(39)36-13-19(25(30)31)24-23(36)21(37)14-40-24)18-12-16(6-7-17(18)26(32)38)20-15-41-28(33-20)35-10-8-34(4)9-11-35/h6-7,12,15,19,22-25H,5,8-11,13-14H2,1-4H3,(H2,32,38)/t19-,22+,23-,24-/m1/s1. The van der Waals surface area contributed by atoms with E-state index in [-0.39, 0.29) is 24.5 Å². The normalized spacial score (nSPS) is 24.3. The third kappa shape index (κ3) is 5.49. The molecule has 0 bridgehead atoms. The topological polar surface area (TPSA) is 109 Å². The van der Waals surface area contributed by atoms with Crippen molar-refractivity contribution < 1.29 is 27.9 Å². The molecule has 0 aliphatic carbocycles. The highest BCUT2D eigenvalue weighted by molar-refractivity contribution is 7.14. The van der Waals surface area contributed by atoms with E-state index in [1.807, 2.05) is 26.2 Å². The first-order chi connectivity index (χ1) is 19.4. The van der Waals surface area contributed by atoms with Crippen LogP contribution in [0.25, 0.3) is 11.3 Å². The van der Waals surface area contributed by atoms with Gasteiger partial charge in [-0.3, -0.25) is 14.4 Å². The maximum Gasteiger partial charge on any atom is 0.249 e. The Morgan fingerprint density at radius 1 is 1.22 bits per heavy atom. The van der Waals surface area contributed by atoms with Crippen molar-refractivity contribution in [2.24, 2.45) is 17.1 Å². The van der Waals surface area contributed by atoms with Gasteiger partial charge in [-0.2, -0.15) is 0 Å². The van der Waals surface area contributed by atoms with Gasteiger partial charge < -0.3 is 25.2 Å². The maximum atomic E-state index is 14.4. The van der Waals surface area contributed by atoms with Crippen molar-refractivity contribution in [3.63, 3.8) is 0 Å². The van der Waals surface area contributed by atoms with Crippen molar-refractivity contribution >= 4 is 34.1 Å². The molecule has 0 radical (unpaired) electrons. The summed E-state index contributed by atoms with van der Waals surface area (Å²) in [4.78, 5) is 50.4. The van der Waals surface area contributed by atoms with Crippen molar-refractivity contribution in [2.75, 3.05) is 51.3 Å². The van der Waals surface area contributed by atoms with Crippen molar-refractivity contribution in [3.05, 3.63) is 34.7 Å². The highest BCUT2D eigenvalue weighted by atomic mass is 32.1. The Kier molecular flexibility index (Phi) is 8.19. The number of Topliss-reactive ketones (excluding diaryl/α,β-unsaturated/α-hetero) is 1. The molecule has 2 N–H and O–H groups in total. The lowest BCUT2D eigenvalue weighted by atomic mass is 9.70. The molecule has 0 spiro atoms. The third-order valence-electron chi connectivity index (χ3n) is 8.96. The number of hydrogen-bond donors (Lipinski definition) is 1. The fourth-order valence-corrected chi connectivity index (χ4v) is 7.01. The number of nitrogens with zero attached hydrogens (tertiary/aromatic N) is 4. The van der Waals surface area contributed by atoms with Gasteiger partial charge in [0.15, 0.2) is 10.9 Å². The molecule has 41 heavy (non-hydrogen) atoms. The number of ether oxygens (including phenoxy) is 1. The van der Waals surface area contributed by atoms with Crippen LogP contribution in [0.1, 0.15) is 49.0 Å². The zero-order valence-corrected chi connectivity index (χ0v) is 24.6. The van der Waals surface area contributed by atoms with Gasteiger partial charge in [-0.25, -0.2) is 13.8 Å². The second kappa shape index (κ2) is 11.4. The van der Waals surface area contributed by atoms with Gasteiger partial charge in [0.1, 0.15) is 12.6 Å². The predicted molar refractivity (Wildman–Crippen MR) is 152 cm³/mol. The lowest BCUT2D eigenvalue weighted by Crippen LogP contribution is -2.47. The average molecular weight is 590 g/mol. The molecule has 4 atom stereocenters. The average Bonchev–Trinajstić information content (AvgIpc) is 3.66. The molecule has 222 valence electrons. The van der Waals surface area contributed by atoms with Crippen LogP contribution in [0.5, 0.6) is 0 Å². The highest BCUT2D eigenvalue weighted by Gasteiger charge is 2.56. The first kappa shape index (κ1) is 29.5. The lowest BCUT2D eigenvalue weighted by molar-refractivity contribution is -0.140.